The van der Waals surface area contributed by atoms with Crippen LogP contribution in [-0.2, 0) is 18.8 Å². The van der Waals surface area contributed by atoms with Crippen molar-refractivity contribution in [1.29, 1.82) is 0 Å². The van der Waals surface area contributed by atoms with Gasteiger partial charge in [0.25, 0.3) is 0 Å². The van der Waals surface area contributed by atoms with Crippen LogP contribution in [0.25, 0.3) is 0 Å². The molecule has 10 nitrogen and oxygen atoms in total. The molecular formula is C28H47BN4O6. The highest BCUT2D eigenvalue weighted by Gasteiger charge is 2.52. The number of carbonyl (C=O) groups excluding carboxylic acids is 2. The lowest BCUT2D eigenvalue weighted by Crippen LogP contribution is -2.54. The highest BCUT2D eigenvalue weighted by Crippen LogP contribution is 2.36. The lowest BCUT2D eigenvalue weighted by Gasteiger charge is -2.36. The van der Waals surface area contributed by atoms with Crippen LogP contribution < -0.4 is 15.5 Å². The van der Waals surface area contributed by atoms with Gasteiger partial charge in [-0.2, -0.15) is 0 Å². The van der Waals surface area contributed by atoms with E-state index in [1.54, 1.807) is 33.2 Å². The molecule has 2 amide bonds. The lowest BCUT2D eigenvalue weighted by atomic mass is 9.81. The summed E-state index contributed by atoms with van der Waals surface area (Å²) < 4.78 is 23.2. The molecule has 0 spiro atoms. The molecule has 0 aliphatic carbocycles. The summed E-state index contributed by atoms with van der Waals surface area (Å²) in [5.74, 6) is 0.287. The van der Waals surface area contributed by atoms with Crippen molar-refractivity contribution in [1.82, 2.24) is 20.2 Å². The fraction of sp³-hybridized carbons (Fsp3) is 0.786. The normalized spacial score (nSPS) is 21.5. The summed E-state index contributed by atoms with van der Waals surface area (Å²) in [6.07, 6.45) is 6.58. The fourth-order valence-electron chi connectivity index (χ4n) is 4.68. The van der Waals surface area contributed by atoms with Crippen molar-refractivity contribution < 1.29 is 28.4 Å². The number of aromatic nitrogens is 2. The smallest absolute Gasteiger partial charge is 0.463 e. The van der Waals surface area contributed by atoms with Gasteiger partial charge in [-0.05, 0) is 86.0 Å². The number of carbonyl (C=O) groups is 2. The molecule has 2 fully saturated rings. The van der Waals surface area contributed by atoms with E-state index in [9.17, 15) is 9.59 Å². The van der Waals surface area contributed by atoms with Gasteiger partial charge in [0.1, 0.15) is 11.6 Å². The maximum Gasteiger partial charge on any atom is 0.498 e. The highest BCUT2D eigenvalue weighted by atomic mass is 16.7. The molecule has 0 unspecified atom stereocenters. The van der Waals surface area contributed by atoms with Gasteiger partial charge in [-0.25, -0.2) is 14.8 Å². The quantitative estimate of drug-likeness (QED) is 0.369. The summed E-state index contributed by atoms with van der Waals surface area (Å²) in [6.45, 7) is 19.2. The van der Waals surface area contributed by atoms with Gasteiger partial charge in [0.05, 0.1) is 17.8 Å². The second-order valence-corrected chi connectivity index (χ2v) is 13.0. The molecule has 11 heteroatoms. The van der Waals surface area contributed by atoms with Gasteiger partial charge in [0.15, 0.2) is 0 Å². The third kappa shape index (κ3) is 8.54. The van der Waals surface area contributed by atoms with E-state index < -0.39 is 36.1 Å². The molecule has 39 heavy (non-hydrogen) atoms. The van der Waals surface area contributed by atoms with Crippen molar-refractivity contribution in [3.05, 3.63) is 12.4 Å². The number of ether oxygens (including phenoxy) is 2. The van der Waals surface area contributed by atoms with Crippen LogP contribution in [0, 0.1) is 11.8 Å². The SMILES string of the molecule is CC(C)[C@H](NC(=O)OC(C)(C)C)C(=O)N1CCC[C@@H](CCCOc2ncc(B3OC(C)(C)C(C)(C)O3)cn2)C1. The molecule has 2 aliphatic rings. The van der Waals surface area contributed by atoms with Gasteiger partial charge in [-0.15, -0.1) is 0 Å². The number of piperidine rings is 1. The van der Waals surface area contributed by atoms with Gasteiger partial charge in [-0.3, -0.25) is 4.79 Å². The molecule has 1 aromatic heterocycles. The zero-order chi connectivity index (χ0) is 29.0. The van der Waals surface area contributed by atoms with E-state index in [-0.39, 0.29) is 11.8 Å². The van der Waals surface area contributed by atoms with E-state index in [2.05, 4.69) is 15.3 Å². The van der Waals surface area contributed by atoms with Gasteiger partial charge < -0.3 is 29.0 Å². The first kappa shape index (κ1) is 31.1. The van der Waals surface area contributed by atoms with E-state index in [1.807, 2.05) is 46.4 Å². The molecular weight excluding hydrogens is 499 g/mol. The predicted octanol–water partition coefficient (Wildman–Crippen LogP) is 3.72. The van der Waals surface area contributed by atoms with Crippen LogP contribution in [0.3, 0.4) is 0 Å². The van der Waals surface area contributed by atoms with Crippen LogP contribution in [0.15, 0.2) is 12.4 Å². The van der Waals surface area contributed by atoms with E-state index in [0.717, 1.165) is 31.1 Å². The third-order valence-electron chi connectivity index (χ3n) is 7.60. The van der Waals surface area contributed by atoms with E-state index in [0.29, 0.717) is 31.6 Å². The Labute approximate surface area is 234 Å². The third-order valence-corrected chi connectivity index (χ3v) is 7.60. The number of rotatable bonds is 9. The van der Waals surface area contributed by atoms with Gasteiger partial charge in [-0.1, -0.05) is 13.8 Å². The number of alkyl carbamates (subject to hydrolysis) is 1. The average molecular weight is 547 g/mol. The Morgan fingerprint density at radius 1 is 1.15 bits per heavy atom. The molecule has 2 aliphatic heterocycles. The zero-order valence-corrected chi connectivity index (χ0v) is 25.2. The molecule has 218 valence electrons. The molecule has 1 N–H and O–H groups in total. The fourth-order valence-corrected chi connectivity index (χ4v) is 4.68. The Hall–Kier alpha value is -2.40. The largest absolute Gasteiger partial charge is 0.498 e. The van der Waals surface area contributed by atoms with Crippen LogP contribution >= 0.6 is 0 Å². The predicted molar refractivity (Wildman–Crippen MR) is 150 cm³/mol. The van der Waals surface area contributed by atoms with E-state index in [4.69, 9.17) is 18.8 Å². The Kier molecular flexibility index (Phi) is 9.91. The van der Waals surface area contributed by atoms with E-state index >= 15 is 0 Å². The monoisotopic (exact) mass is 546 g/mol. The van der Waals surface area contributed by atoms with Crippen molar-refractivity contribution in [2.75, 3.05) is 19.7 Å². The molecule has 3 rings (SSSR count). The minimum absolute atomic E-state index is 0.0463. The summed E-state index contributed by atoms with van der Waals surface area (Å²) >= 11 is 0. The summed E-state index contributed by atoms with van der Waals surface area (Å²) in [7, 11) is -0.504. The van der Waals surface area contributed by atoms with Crippen molar-refractivity contribution in [3.63, 3.8) is 0 Å². The van der Waals surface area contributed by atoms with Crippen LogP contribution in [0.5, 0.6) is 6.01 Å². The second-order valence-electron chi connectivity index (χ2n) is 13.0. The number of hydrogen-bond acceptors (Lipinski definition) is 8. The average Bonchev–Trinajstić information content (AvgIpc) is 3.06. The van der Waals surface area contributed by atoms with Gasteiger partial charge >= 0.3 is 19.2 Å². The number of nitrogens with zero attached hydrogens (tertiary/aromatic N) is 3. The maximum absolute atomic E-state index is 13.3. The summed E-state index contributed by atoms with van der Waals surface area (Å²) in [5.41, 5.74) is -0.700. The van der Waals surface area contributed by atoms with Crippen molar-refractivity contribution in [2.45, 2.75) is 111 Å². The molecule has 2 saturated heterocycles. The minimum Gasteiger partial charge on any atom is -0.463 e. The van der Waals surface area contributed by atoms with Crippen LogP contribution in [0.1, 0.15) is 88.0 Å². The Morgan fingerprint density at radius 3 is 2.33 bits per heavy atom. The lowest BCUT2D eigenvalue weighted by molar-refractivity contribution is -0.136. The molecule has 0 saturated carbocycles. The molecule has 0 radical (unpaired) electrons. The van der Waals surface area contributed by atoms with Crippen LogP contribution in [-0.4, -0.2) is 76.5 Å². The van der Waals surface area contributed by atoms with Crippen LogP contribution in [0.4, 0.5) is 4.79 Å². The maximum atomic E-state index is 13.3. The van der Waals surface area contributed by atoms with Crippen molar-refractivity contribution >= 4 is 24.6 Å². The zero-order valence-electron chi connectivity index (χ0n) is 25.2. The van der Waals surface area contributed by atoms with Crippen LogP contribution in [0.2, 0.25) is 0 Å². The summed E-state index contributed by atoms with van der Waals surface area (Å²) in [5, 5.41) is 2.78. The summed E-state index contributed by atoms with van der Waals surface area (Å²) in [6, 6.07) is -0.289. The van der Waals surface area contributed by atoms with E-state index in [1.165, 1.54) is 0 Å². The molecule has 2 atom stereocenters. The first-order valence-electron chi connectivity index (χ1n) is 14.2. The Balaban J connectivity index is 1.44. The molecule has 0 aromatic carbocycles. The molecule has 3 heterocycles. The number of amides is 2. The number of nitrogens with one attached hydrogen (secondary N) is 1. The minimum atomic E-state index is -0.618. The Bertz CT molecular complexity index is 963. The number of hydrogen-bond donors (Lipinski definition) is 1. The topological polar surface area (TPSA) is 112 Å². The highest BCUT2D eigenvalue weighted by molar-refractivity contribution is 6.61. The standard InChI is InChI=1S/C28H47BN4O6/c1-19(2)22(32-25(35)37-26(3,4)5)23(34)33-14-10-12-20(18-33)13-11-15-36-24-30-16-21(17-31-24)29-38-27(6,7)28(8,9)39-29/h16-17,19-20,22H,10-15,18H2,1-9H3,(H,32,35)/t20-,22-/m0/s1. The first-order chi connectivity index (χ1) is 18.1. The van der Waals surface area contributed by atoms with Crippen molar-refractivity contribution in [3.8, 4) is 6.01 Å². The van der Waals surface area contributed by atoms with Gasteiger partial charge in [0, 0.05) is 30.9 Å². The first-order valence-corrected chi connectivity index (χ1v) is 14.2. The Morgan fingerprint density at radius 2 is 1.77 bits per heavy atom. The number of likely N-dealkylation sites (tertiary alicyclic amines) is 1. The van der Waals surface area contributed by atoms with Crippen molar-refractivity contribution in [2.24, 2.45) is 11.8 Å². The molecule has 1 aromatic rings. The van der Waals surface area contributed by atoms with Gasteiger partial charge in [0.2, 0.25) is 5.91 Å². The summed E-state index contributed by atoms with van der Waals surface area (Å²) in [4.78, 5) is 36.1. The molecule has 0 bridgehead atoms. The second kappa shape index (κ2) is 12.4.